The number of likely N-dealkylation sites (tertiary alicyclic amines) is 1. The summed E-state index contributed by atoms with van der Waals surface area (Å²) in [7, 11) is 0. The molecule has 0 spiro atoms. The predicted octanol–water partition coefficient (Wildman–Crippen LogP) is 2.44. The molecular weight excluding hydrogens is 394 g/mol. The zero-order valence-electron chi connectivity index (χ0n) is 19.8. The monoisotopic (exact) mass is 435 g/mol. The molecule has 1 N–H and O–H groups in total. The third-order valence-electron chi connectivity index (χ3n) is 6.69. The van der Waals surface area contributed by atoms with Crippen molar-refractivity contribution < 1.29 is 19.1 Å². The van der Waals surface area contributed by atoms with Crippen molar-refractivity contribution in [2.75, 3.05) is 32.8 Å². The van der Waals surface area contributed by atoms with Gasteiger partial charge in [-0.05, 0) is 56.3 Å². The molecule has 2 aliphatic heterocycles. The molecule has 3 rings (SSSR count). The van der Waals surface area contributed by atoms with Gasteiger partial charge in [0.05, 0.1) is 18.6 Å². The maximum atomic E-state index is 13.5. The number of nitrogens with zero attached hydrogens (tertiary/aromatic N) is 2. The van der Waals surface area contributed by atoms with Crippen molar-refractivity contribution in [3.8, 4) is 0 Å². The highest BCUT2D eigenvalue weighted by atomic mass is 16.5. The van der Waals surface area contributed by atoms with E-state index in [9.17, 15) is 14.4 Å². The molecule has 2 heterocycles. The summed E-state index contributed by atoms with van der Waals surface area (Å²) in [6, 6.07) is -0.620. The van der Waals surface area contributed by atoms with Crippen LogP contribution in [0.1, 0.15) is 66.2 Å². The van der Waals surface area contributed by atoms with Gasteiger partial charge in [-0.3, -0.25) is 14.4 Å². The summed E-state index contributed by atoms with van der Waals surface area (Å²) < 4.78 is 5.45. The molecule has 2 amide bonds. The van der Waals surface area contributed by atoms with Gasteiger partial charge in [-0.25, -0.2) is 0 Å². The Kier molecular flexibility index (Phi) is 8.36. The van der Waals surface area contributed by atoms with Crippen LogP contribution < -0.4 is 5.32 Å². The molecule has 0 bridgehead atoms. The third-order valence-corrected chi connectivity index (χ3v) is 6.69. The van der Waals surface area contributed by atoms with Crippen molar-refractivity contribution in [1.29, 1.82) is 0 Å². The first kappa shape index (κ1) is 24.0. The zero-order chi connectivity index (χ0) is 22.5. The van der Waals surface area contributed by atoms with Crippen molar-refractivity contribution >= 4 is 17.8 Å². The molecular formula is C24H41N3O4. The van der Waals surface area contributed by atoms with Gasteiger partial charge < -0.3 is 19.9 Å². The maximum Gasteiger partial charge on any atom is 0.309 e. The summed E-state index contributed by atoms with van der Waals surface area (Å²) in [6.07, 6.45) is 5.08. The highest BCUT2D eigenvalue weighted by Crippen LogP contribution is 2.30. The lowest BCUT2D eigenvalue weighted by atomic mass is 9.94. The van der Waals surface area contributed by atoms with Crippen LogP contribution in [0.4, 0.5) is 0 Å². The van der Waals surface area contributed by atoms with E-state index in [2.05, 4.69) is 33.0 Å². The van der Waals surface area contributed by atoms with E-state index < -0.39 is 6.04 Å². The van der Waals surface area contributed by atoms with Crippen LogP contribution in [0.3, 0.4) is 0 Å². The summed E-state index contributed by atoms with van der Waals surface area (Å²) in [4.78, 5) is 42.7. The molecule has 1 aliphatic carbocycles. The summed E-state index contributed by atoms with van der Waals surface area (Å²) in [6.45, 7) is 11.4. The first-order chi connectivity index (χ1) is 14.8. The predicted molar refractivity (Wildman–Crippen MR) is 119 cm³/mol. The smallest absolute Gasteiger partial charge is 0.309 e. The number of ether oxygens (including phenoxy) is 1. The van der Waals surface area contributed by atoms with Gasteiger partial charge in [0.25, 0.3) is 0 Å². The van der Waals surface area contributed by atoms with Gasteiger partial charge in [0, 0.05) is 26.2 Å². The Labute approximate surface area is 187 Å². The summed E-state index contributed by atoms with van der Waals surface area (Å²) in [5.41, 5.74) is 0. The van der Waals surface area contributed by atoms with E-state index in [1.54, 1.807) is 0 Å². The molecule has 0 aromatic rings. The average molecular weight is 436 g/mol. The number of carbonyl (C=O) groups excluding carboxylic acids is 3. The number of esters is 1. The van der Waals surface area contributed by atoms with Gasteiger partial charge in [0.1, 0.15) is 6.04 Å². The van der Waals surface area contributed by atoms with Gasteiger partial charge in [-0.15, -0.1) is 0 Å². The van der Waals surface area contributed by atoms with E-state index in [4.69, 9.17) is 4.74 Å². The summed E-state index contributed by atoms with van der Waals surface area (Å²) in [5.74, 6) is 1.18. The number of carbonyl (C=O) groups is 3. The Morgan fingerprint density at radius 1 is 1.03 bits per heavy atom. The van der Waals surface area contributed by atoms with Crippen LogP contribution in [0, 0.1) is 23.7 Å². The fourth-order valence-corrected chi connectivity index (χ4v) is 4.68. The van der Waals surface area contributed by atoms with Crippen molar-refractivity contribution in [3.05, 3.63) is 0 Å². The molecule has 31 heavy (non-hydrogen) atoms. The first-order valence-corrected chi connectivity index (χ1v) is 12.3. The molecule has 1 unspecified atom stereocenters. The lowest BCUT2D eigenvalue weighted by molar-refractivity contribution is -0.154. The SMILES string of the molecule is CC(C)CC(C(=O)N1CCC(C(=O)OCC2CC2)CC1)N1CCN[C@@H](CC(C)C)C1=O. The highest BCUT2D eigenvalue weighted by molar-refractivity contribution is 5.90. The lowest BCUT2D eigenvalue weighted by Crippen LogP contribution is -2.62. The summed E-state index contributed by atoms with van der Waals surface area (Å²) in [5, 5.41) is 3.33. The second-order valence-corrected chi connectivity index (χ2v) is 10.5. The number of rotatable bonds is 9. The van der Waals surface area contributed by atoms with Crippen LogP contribution in [0.15, 0.2) is 0 Å². The number of piperidine rings is 1. The van der Waals surface area contributed by atoms with Crippen LogP contribution in [0.25, 0.3) is 0 Å². The fraction of sp³-hybridized carbons (Fsp3) is 0.875. The molecule has 2 saturated heterocycles. The van der Waals surface area contributed by atoms with E-state index in [1.807, 2.05) is 9.80 Å². The zero-order valence-corrected chi connectivity index (χ0v) is 19.8. The lowest BCUT2D eigenvalue weighted by Gasteiger charge is -2.42. The molecule has 0 aromatic heterocycles. The van der Waals surface area contributed by atoms with E-state index in [-0.39, 0.29) is 29.7 Å². The minimum Gasteiger partial charge on any atom is -0.465 e. The molecule has 0 aromatic carbocycles. The Hall–Kier alpha value is -1.63. The number of piperazine rings is 1. The number of hydrogen-bond donors (Lipinski definition) is 1. The Bertz CT molecular complexity index is 639. The number of hydrogen-bond acceptors (Lipinski definition) is 5. The van der Waals surface area contributed by atoms with E-state index in [0.717, 1.165) is 13.0 Å². The topological polar surface area (TPSA) is 79.0 Å². The van der Waals surface area contributed by atoms with Gasteiger partial charge in [0.15, 0.2) is 0 Å². The first-order valence-electron chi connectivity index (χ1n) is 12.3. The van der Waals surface area contributed by atoms with E-state index in [0.29, 0.717) is 63.3 Å². The highest BCUT2D eigenvalue weighted by Gasteiger charge is 2.39. The maximum absolute atomic E-state index is 13.5. The third kappa shape index (κ3) is 6.67. The average Bonchev–Trinajstić information content (AvgIpc) is 3.56. The molecule has 7 nitrogen and oxygen atoms in total. The Morgan fingerprint density at radius 2 is 1.71 bits per heavy atom. The minimum atomic E-state index is -0.414. The van der Waals surface area contributed by atoms with Crippen molar-refractivity contribution in [2.45, 2.75) is 78.3 Å². The second-order valence-electron chi connectivity index (χ2n) is 10.5. The molecule has 176 valence electrons. The van der Waals surface area contributed by atoms with Crippen molar-refractivity contribution in [2.24, 2.45) is 23.7 Å². The minimum absolute atomic E-state index is 0.0389. The van der Waals surface area contributed by atoms with Crippen molar-refractivity contribution in [1.82, 2.24) is 15.1 Å². The van der Waals surface area contributed by atoms with Gasteiger partial charge in [-0.1, -0.05) is 27.7 Å². The normalized spacial score (nSPS) is 24.1. The molecule has 2 atom stereocenters. The Balaban J connectivity index is 1.59. The molecule has 0 radical (unpaired) electrons. The second kappa shape index (κ2) is 10.8. The Morgan fingerprint density at radius 3 is 2.29 bits per heavy atom. The van der Waals surface area contributed by atoms with E-state index in [1.165, 1.54) is 12.8 Å². The number of amides is 2. The van der Waals surface area contributed by atoms with Crippen LogP contribution in [-0.2, 0) is 19.1 Å². The quantitative estimate of drug-likeness (QED) is 0.563. The fourth-order valence-electron chi connectivity index (χ4n) is 4.68. The largest absolute Gasteiger partial charge is 0.465 e. The molecule has 1 saturated carbocycles. The van der Waals surface area contributed by atoms with Crippen LogP contribution in [-0.4, -0.2) is 72.5 Å². The van der Waals surface area contributed by atoms with Gasteiger partial charge >= 0.3 is 5.97 Å². The van der Waals surface area contributed by atoms with Crippen LogP contribution in [0.2, 0.25) is 0 Å². The van der Waals surface area contributed by atoms with Crippen LogP contribution in [0.5, 0.6) is 0 Å². The van der Waals surface area contributed by atoms with Gasteiger partial charge in [0.2, 0.25) is 11.8 Å². The van der Waals surface area contributed by atoms with Crippen molar-refractivity contribution in [3.63, 3.8) is 0 Å². The number of nitrogens with one attached hydrogen (secondary N) is 1. The van der Waals surface area contributed by atoms with Crippen LogP contribution >= 0.6 is 0 Å². The molecule has 3 aliphatic rings. The van der Waals surface area contributed by atoms with Gasteiger partial charge in [-0.2, -0.15) is 0 Å². The summed E-state index contributed by atoms with van der Waals surface area (Å²) >= 11 is 0. The standard InChI is InChI=1S/C24H41N3O4/c1-16(2)13-20-22(28)27(12-9-25-20)21(14-17(3)4)23(29)26-10-7-19(8-11-26)24(30)31-15-18-5-6-18/h16-21,25H,5-15H2,1-4H3/t20-,21?/m0/s1. The molecule has 7 heteroatoms. The molecule has 3 fully saturated rings. The van der Waals surface area contributed by atoms with E-state index >= 15 is 0 Å².